The number of hydrogen-bond donors (Lipinski definition) is 1. The first-order valence-electron chi connectivity index (χ1n) is 12.4. The first kappa shape index (κ1) is 26.8. The molecule has 0 amide bonds. The molecule has 0 aliphatic heterocycles. The summed E-state index contributed by atoms with van der Waals surface area (Å²) in [5.41, 5.74) is 4.53. The van der Waals surface area contributed by atoms with E-state index in [1.165, 1.54) is 31.6 Å². The second-order valence-corrected chi connectivity index (χ2v) is 10.8. The SMILES string of the molecule is COc1cc(-c2cc(CNc3ccc(-n4cncn4)cc3)cn2S(=O)(=O)c2ccc(C)cc2)cc(OC)c1OC. The molecular formula is C29H29N5O5S. The Bertz CT molecular complexity index is 1690. The molecule has 0 saturated heterocycles. The summed E-state index contributed by atoms with van der Waals surface area (Å²) in [4.78, 5) is 4.16. The van der Waals surface area contributed by atoms with Gasteiger partial charge in [-0.25, -0.2) is 22.1 Å². The molecule has 206 valence electrons. The number of aromatic nitrogens is 4. The van der Waals surface area contributed by atoms with Gasteiger partial charge in [0.1, 0.15) is 12.7 Å². The molecule has 0 atom stereocenters. The average molecular weight is 560 g/mol. The van der Waals surface area contributed by atoms with Gasteiger partial charge < -0.3 is 19.5 Å². The lowest BCUT2D eigenvalue weighted by molar-refractivity contribution is 0.324. The van der Waals surface area contributed by atoms with Crippen LogP contribution in [0.1, 0.15) is 11.1 Å². The van der Waals surface area contributed by atoms with E-state index in [9.17, 15) is 8.42 Å². The van der Waals surface area contributed by atoms with E-state index in [1.54, 1.807) is 53.6 Å². The first-order chi connectivity index (χ1) is 19.3. The zero-order valence-corrected chi connectivity index (χ0v) is 23.3. The summed E-state index contributed by atoms with van der Waals surface area (Å²) in [5, 5.41) is 7.50. The Morgan fingerprint density at radius 2 is 1.55 bits per heavy atom. The van der Waals surface area contributed by atoms with Crippen molar-refractivity contribution < 1.29 is 22.6 Å². The third-order valence-corrected chi connectivity index (χ3v) is 8.12. The van der Waals surface area contributed by atoms with Gasteiger partial charge in [-0.15, -0.1) is 0 Å². The van der Waals surface area contributed by atoms with Gasteiger partial charge in [-0.3, -0.25) is 0 Å². The van der Waals surface area contributed by atoms with Crippen LogP contribution in [0, 0.1) is 6.92 Å². The summed E-state index contributed by atoms with van der Waals surface area (Å²) in [6.45, 7) is 2.30. The van der Waals surface area contributed by atoms with Gasteiger partial charge in [0.25, 0.3) is 10.0 Å². The third kappa shape index (κ3) is 5.23. The van der Waals surface area contributed by atoms with Crippen LogP contribution < -0.4 is 19.5 Å². The minimum Gasteiger partial charge on any atom is -0.493 e. The fourth-order valence-electron chi connectivity index (χ4n) is 4.33. The number of nitrogens with zero attached hydrogens (tertiary/aromatic N) is 4. The van der Waals surface area contributed by atoms with Crippen LogP contribution >= 0.6 is 0 Å². The largest absolute Gasteiger partial charge is 0.493 e. The fraction of sp³-hybridized carbons (Fsp3) is 0.172. The number of hydrogen-bond acceptors (Lipinski definition) is 8. The van der Waals surface area contributed by atoms with E-state index < -0.39 is 10.0 Å². The van der Waals surface area contributed by atoms with Crippen molar-refractivity contribution in [2.45, 2.75) is 18.4 Å². The van der Waals surface area contributed by atoms with Gasteiger partial charge in [0.2, 0.25) is 5.75 Å². The van der Waals surface area contributed by atoms with Crippen LogP contribution in [0.5, 0.6) is 17.2 Å². The highest BCUT2D eigenvalue weighted by Crippen LogP contribution is 2.42. The van der Waals surface area contributed by atoms with E-state index in [0.29, 0.717) is 35.1 Å². The summed E-state index contributed by atoms with van der Waals surface area (Å²) in [5.74, 6) is 1.26. The number of anilines is 1. The molecule has 2 heterocycles. The third-order valence-electron chi connectivity index (χ3n) is 6.43. The predicted octanol–water partition coefficient (Wildman–Crippen LogP) is 4.92. The molecule has 0 bridgehead atoms. The van der Waals surface area contributed by atoms with Crippen LogP contribution in [0.4, 0.5) is 5.69 Å². The van der Waals surface area contributed by atoms with Gasteiger partial charge in [0.15, 0.2) is 11.5 Å². The number of ether oxygens (including phenoxy) is 3. The second-order valence-electron chi connectivity index (χ2n) is 9.00. The minimum atomic E-state index is -3.92. The second kappa shape index (κ2) is 11.1. The number of rotatable bonds is 10. The van der Waals surface area contributed by atoms with Gasteiger partial charge in [-0.05, 0) is 67.1 Å². The highest BCUT2D eigenvalue weighted by Gasteiger charge is 2.24. The quantitative estimate of drug-likeness (QED) is 0.257. The summed E-state index contributed by atoms with van der Waals surface area (Å²) < 4.78 is 47.2. The van der Waals surface area contributed by atoms with Gasteiger partial charge in [-0.1, -0.05) is 17.7 Å². The van der Waals surface area contributed by atoms with Crippen LogP contribution in [0.2, 0.25) is 0 Å². The number of nitrogens with one attached hydrogen (secondary N) is 1. The minimum absolute atomic E-state index is 0.186. The lowest BCUT2D eigenvalue weighted by atomic mass is 10.1. The molecule has 0 aliphatic rings. The summed E-state index contributed by atoms with van der Waals surface area (Å²) in [7, 11) is 0.640. The summed E-state index contributed by atoms with van der Waals surface area (Å²) >= 11 is 0. The molecule has 0 aliphatic carbocycles. The fourth-order valence-corrected chi connectivity index (χ4v) is 5.73. The Kier molecular flexibility index (Phi) is 7.47. The van der Waals surface area contributed by atoms with Gasteiger partial charge in [0.05, 0.1) is 37.6 Å². The molecule has 0 fully saturated rings. The molecule has 0 radical (unpaired) electrons. The molecule has 10 nitrogen and oxygen atoms in total. The molecule has 40 heavy (non-hydrogen) atoms. The zero-order valence-electron chi connectivity index (χ0n) is 22.5. The Balaban J connectivity index is 1.53. The van der Waals surface area contributed by atoms with E-state index in [0.717, 1.165) is 22.5 Å². The van der Waals surface area contributed by atoms with E-state index in [2.05, 4.69) is 15.4 Å². The smallest absolute Gasteiger partial charge is 0.268 e. The van der Waals surface area contributed by atoms with Gasteiger partial charge in [0, 0.05) is 24.0 Å². The molecule has 5 rings (SSSR count). The van der Waals surface area contributed by atoms with E-state index in [4.69, 9.17) is 14.2 Å². The zero-order chi connectivity index (χ0) is 28.3. The van der Waals surface area contributed by atoms with E-state index in [1.807, 2.05) is 37.3 Å². The van der Waals surface area contributed by atoms with Crippen molar-refractivity contribution in [2.24, 2.45) is 0 Å². The Labute approximate surface area is 232 Å². The van der Waals surface area contributed by atoms with E-state index in [-0.39, 0.29) is 4.90 Å². The van der Waals surface area contributed by atoms with Crippen molar-refractivity contribution in [1.29, 1.82) is 0 Å². The number of aryl methyl sites for hydroxylation is 1. The van der Waals surface area contributed by atoms with Crippen molar-refractivity contribution in [2.75, 3.05) is 26.6 Å². The Morgan fingerprint density at radius 3 is 2.12 bits per heavy atom. The number of methoxy groups -OCH3 is 3. The van der Waals surface area contributed by atoms with Gasteiger partial charge in [-0.2, -0.15) is 5.10 Å². The maximum atomic E-state index is 13.9. The maximum absolute atomic E-state index is 13.9. The van der Waals surface area contributed by atoms with Crippen LogP contribution in [0.25, 0.3) is 16.9 Å². The maximum Gasteiger partial charge on any atom is 0.268 e. The van der Waals surface area contributed by atoms with Gasteiger partial charge >= 0.3 is 0 Å². The van der Waals surface area contributed by atoms with Crippen molar-refractivity contribution >= 4 is 15.7 Å². The standard InChI is InChI=1S/C29H29N5O5S/c1-20-5-11-25(12-6-20)40(35,36)34-17-21(16-31-23-7-9-24(10-8-23)33-19-30-18-32-33)13-26(34)22-14-27(37-2)29(39-4)28(15-22)38-3/h5-15,17-19,31H,16H2,1-4H3. The highest BCUT2D eigenvalue weighted by molar-refractivity contribution is 7.90. The molecule has 1 N–H and O–H groups in total. The molecule has 3 aromatic carbocycles. The van der Waals surface area contributed by atoms with Crippen molar-refractivity contribution in [1.82, 2.24) is 18.7 Å². The average Bonchev–Trinajstić information content (AvgIpc) is 3.67. The Hall–Kier alpha value is -4.77. The lowest BCUT2D eigenvalue weighted by Crippen LogP contribution is -2.13. The van der Waals surface area contributed by atoms with Crippen molar-refractivity contribution in [3.63, 3.8) is 0 Å². The highest BCUT2D eigenvalue weighted by atomic mass is 32.2. The first-order valence-corrected chi connectivity index (χ1v) is 13.8. The van der Waals surface area contributed by atoms with E-state index >= 15 is 0 Å². The van der Waals surface area contributed by atoms with Crippen molar-refractivity contribution in [3.8, 4) is 34.2 Å². The molecule has 0 saturated carbocycles. The molecular weight excluding hydrogens is 530 g/mol. The predicted molar refractivity (Wildman–Crippen MR) is 152 cm³/mol. The van der Waals surface area contributed by atoms with Crippen LogP contribution in [-0.2, 0) is 16.6 Å². The molecule has 0 spiro atoms. The number of benzene rings is 3. The molecule has 5 aromatic rings. The van der Waals surface area contributed by atoms with Crippen LogP contribution in [0.3, 0.4) is 0 Å². The van der Waals surface area contributed by atoms with Crippen LogP contribution in [-0.4, -0.2) is 48.5 Å². The molecule has 0 unspecified atom stereocenters. The lowest BCUT2D eigenvalue weighted by Gasteiger charge is -2.16. The molecule has 2 aromatic heterocycles. The molecule has 11 heteroatoms. The monoisotopic (exact) mass is 559 g/mol. The topological polar surface area (TPSA) is 110 Å². The summed E-state index contributed by atoms with van der Waals surface area (Å²) in [6.07, 6.45) is 4.74. The van der Waals surface area contributed by atoms with Crippen LogP contribution in [0.15, 0.2) is 90.5 Å². The summed E-state index contributed by atoms with van der Waals surface area (Å²) in [6, 6.07) is 19.8. The Morgan fingerprint density at radius 1 is 0.875 bits per heavy atom. The van der Waals surface area contributed by atoms with Crippen molar-refractivity contribution in [3.05, 3.63) is 96.7 Å². The normalized spacial score (nSPS) is 11.3.